The van der Waals surface area contributed by atoms with Crippen molar-refractivity contribution in [2.75, 3.05) is 10.6 Å². The van der Waals surface area contributed by atoms with Gasteiger partial charge in [0.1, 0.15) is 5.82 Å². The minimum absolute atomic E-state index is 0.179. The van der Waals surface area contributed by atoms with Crippen LogP contribution in [0.4, 0.5) is 17.2 Å². The SMILES string of the molecule is C[C@H](Nc1cn[nH]c1Nc1cccc(Cl)c1)c1ccccc1. The molecule has 5 heteroatoms. The first-order valence-corrected chi connectivity index (χ1v) is 7.47. The Bertz CT molecular complexity index is 739. The van der Waals surface area contributed by atoms with E-state index in [1.54, 1.807) is 6.20 Å². The maximum Gasteiger partial charge on any atom is 0.149 e. The van der Waals surface area contributed by atoms with Crippen molar-refractivity contribution in [3.8, 4) is 0 Å². The van der Waals surface area contributed by atoms with Gasteiger partial charge in [-0.1, -0.05) is 48.0 Å². The molecule has 0 unspecified atom stereocenters. The third-order valence-electron chi connectivity index (χ3n) is 3.40. The number of rotatable bonds is 5. The van der Waals surface area contributed by atoms with Crippen molar-refractivity contribution in [3.63, 3.8) is 0 Å². The molecule has 3 rings (SSSR count). The Morgan fingerprint density at radius 3 is 2.68 bits per heavy atom. The quantitative estimate of drug-likeness (QED) is 0.622. The van der Waals surface area contributed by atoms with Crippen LogP contribution in [-0.4, -0.2) is 10.2 Å². The standard InChI is InChI=1S/C17H17ClN4/c1-12(13-6-3-2-4-7-13)20-16-11-19-22-17(16)21-15-9-5-8-14(18)10-15/h2-12,20H,1H3,(H2,19,21,22)/t12-/m0/s1. The molecule has 4 nitrogen and oxygen atoms in total. The summed E-state index contributed by atoms with van der Waals surface area (Å²) in [5, 5.41) is 14.5. The fourth-order valence-corrected chi connectivity index (χ4v) is 2.45. The number of halogens is 1. The van der Waals surface area contributed by atoms with Gasteiger partial charge in [-0.15, -0.1) is 0 Å². The summed E-state index contributed by atoms with van der Waals surface area (Å²) < 4.78 is 0. The lowest BCUT2D eigenvalue weighted by molar-refractivity contribution is 0.885. The number of benzene rings is 2. The Kier molecular flexibility index (Phi) is 4.30. The van der Waals surface area contributed by atoms with Crippen LogP contribution in [0.3, 0.4) is 0 Å². The van der Waals surface area contributed by atoms with E-state index in [0.29, 0.717) is 5.02 Å². The summed E-state index contributed by atoms with van der Waals surface area (Å²) in [6, 6.07) is 18.0. The molecule has 0 aliphatic carbocycles. The van der Waals surface area contributed by atoms with Crippen LogP contribution in [0.5, 0.6) is 0 Å². The molecule has 3 aromatic rings. The van der Waals surface area contributed by atoms with Gasteiger partial charge in [0.25, 0.3) is 0 Å². The van der Waals surface area contributed by atoms with Gasteiger partial charge in [-0.05, 0) is 30.7 Å². The van der Waals surface area contributed by atoms with E-state index in [2.05, 4.69) is 39.9 Å². The number of hydrogen-bond donors (Lipinski definition) is 3. The van der Waals surface area contributed by atoms with Gasteiger partial charge >= 0.3 is 0 Å². The monoisotopic (exact) mass is 312 g/mol. The average molecular weight is 313 g/mol. The molecule has 112 valence electrons. The van der Waals surface area contributed by atoms with Gasteiger partial charge < -0.3 is 10.6 Å². The summed E-state index contributed by atoms with van der Waals surface area (Å²) in [5.74, 6) is 0.810. The zero-order valence-corrected chi connectivity index (χ0v) is 12.9. The van der Waals surface area contributed by atoms with Gasteiger partial charge in [0.15, 0.2) is 0 Å². The number of aromatic amines is 1. The van der Waals surface area contributed by atoms with E-state index in [0.717, 1.165) is 17.2 Å². The van der Waals surface area contributed by atoms with E-state index in [4.69, 9.17) is 11.6 Å². The lowest BCUT2D eigenvalue weighted by atomic mass is 10.1. The van der Waals surface area contributed by atoms with Gasteiger partial charge in [-0.2, -0.15) is 5.10 Å². The highest BCUT2D eigenvalue weighted by molar-refractivity contribution is 6.30. The molecular weight excluding hydrogens is 296 g/mol. The largest absolute Gasteiger partial charge is 0.374 e. The minimum Gasteiger partial charge on any atom is -0.374 e. The third kappa shape index (κ3) is 3.40. The zero-order valence-electron chi connectivity index (χ0n) is 12.2. The predicted molar refractivity (Wildman–Crippen MR) is 91.8 cm³/mol. The van der Waals surface area contributed by atoms with E-state index in [9.17, 15) is 0 Å². The number of anilines is 3. The summed E-state index contributed by atoms with van der Waals surface area (Å²) in [6.45, 7) is 2.12. The number of aromatic nitrogens is 2. The first kappa shape index (κ1) is 14.5. The van der Waals surface area contributed by atoms with Crippen molar-refractivity contribution >= 4 is 28.8 Å². The first-order valence-electron chi connectivity index (χ1n) is 7.10. The van der Waals surface area contributed by atoms with E-state index in [-0.39, 0.29) is 6.04 Å². The zero-order chi connectivity index (χ0) is 15.4. The van der Waals surface area contributed by atoms with Crippen molar-refractivity contribution in [2.24, 2.45) is 0 Å². The van der Waals surface area contributed by atoms with E-state index in [1.165, 1.54) is 5.56 Å². The Morgan fingerprint density at radius 1 is 1.09 bits per heavy atom. The van der Waals surface area contributed by atoms with E-state index in [1.807, 2.05) is 42.5 Å². The second kappa shape index (κ2) is 6.54. The van der Waals surface area contributed by atoms with Gasteiger partial charge in [0, 0.05) is 16.8 Å². The highest BCUT2D eigenvalue weighted by Gasteiger charge is 2.10. The van der Waals surface area contributed by atoms with Crippen LogP contribution in [0, 0.1) is 0 Å². The Balaban J connectivity index is 1.75. The van der Waals surface area contributed by atoms with Crippen molar-refractivity contribution in [1.82, 2.24) is 10.2 Å². The molecule has 0 amide bonds. The van der Waals surface area contributed by atoms with Crippen molar-refractivity contribution in [2.45, 2.75) is 13.0 Å². The number of nitrogens with zero attached hydrogens (tertiary/aromatic N) is 1. The lowest BCUT2D eigenvalue weighted by Crippen LogP contribution is -2.07. The van der Waals surface area contributed by atoms with Crippen molar-refractivity contribution in [1.29, 1.82) is 0 Å². The highest BCUT2D eigenvalue weighted by Crippen LogP contribution is 2.27. The van der Waals surface area contributed by atoms with Crippen LogP contribution in [0.25, 0.3) is 0 Å². The second-order valence-corrected chi connectivity index (χ2v) is 5.51. The van der Waals surface area contributed by atoms with E-state index < -0.39 is 0 Å². The summed E-state index contributed by atoms with van der Waals surface area (Å²) in [6.07, 6.45) is 1.77. The maximum absolute atomic E-state index is 6.01. The number of hydrogen-bond acceptors (Lipinski definition) is 3. The third-order valence-corrected chi connectivity index (χ3v) is 3.64. The van der Waals surface area contributed by atoms with Gasteiger partial charge in [0.05, 0.1) is 11.9 Å². The molecule has 1 aromatic heterocycles. The molecule has 0 spiro atoms. The average Bonchev–Trinajstić information content (AvgIpc) is 2.95. The Hall–Kier alpha value is -2.46. The Morgan fingerprint density at radius 2 is 1.91 bits per heavy atom. The van der Waals surface area contributed by atoms with Gasteiger partial charge in [-0.3, -0.25) is 5.10 Å². The summed E-state index contributed by atoms with van der Waals surface area (Å²) in [4.78, 5) is 0. The number of H-pyrrole nitrogens is 1. The smallest absolute Gasteiger partial charge is 0.149 e. The van der Waals surface area contributed by atoms with Crippen LogP contribution in [-0.2, 0) is 0 Å². The molecule has 0 saturated heterocycles. The molecule has 22 heavy (non-hydrogen) atoms. The second-order valence-electron chi connectivity index (χ2n) is 5.07. The van der Waals surface area contributed by atoms with Crippen LogP contribution < -0.4 is 10.6 Å². The molecule has 0 radical (unpaired) electrons. The topological polar surface area (TPSA) is 52.7 Å². The van der Waals surface area contributed by atoms with Crippen LogP contribution >= 0.6 is 11.6 Å². The normalized spacial score (nSPS) is 11.9. The molecule has 0 bridgehead atoms. The molecule has 0 fully saturated rings. The van der Waals surface area contributed by atoms with Gasteiger partial charge in [0.2, 0.25) is 0 Å². The fourth-order valence-electron chi connectivity index (χ4n) is 2.26. The van der Waals surface area contributed by atoms with E-state index >= 15 is 0 Å². The highest BCUT2D eigenvalue weighted by atomic mass is 35.5. The minimum atomic E-state index is 0.179. The number of nitrogens with one attached hydrogen (secondary N) is 3. The fraction of sp³-hybridized carbons (Fsp3) is 0.118. The molecule has 0 aliphatic rings. The summed E-state index contributed by atoms with van der Waals surface area (Å²) in [5.41, 5.74) is 3.04. The molecule has 1 atom stereocenters. The molecular formula is C17H17ClN4. The summed E-state index contributed by atoms with van der Waals surface area (Å²) >= 11 is 6.01. The molecule has 1 heterocycles. The van der Waals surface area contributed by atoms with Crippen molar-refractivity contribution in [3.05, 3.63) is 71.4 Å². The van der Waals surface area contributed by atoms with Crippen LogP contribution in [0.15, 0.2) is 60.8 Å². The first-order chi connectivity index (χ1) is 10.7. The molecule has 0 saturated carbocycles. The van der Waals surface area contributed by atoms with Crippen LogP contribution in [0.1, 0.15) is 18.5 Å². The Labute approximate surface area is 134 Å². The lowest BCUT2D eigenvalue weighted by Gasteiger charge is -2.16. The van der Waals surface area contributed by atoms with Crippen LogP contribution in [0.2, 0.25) is 5.02 Å². The molecule has 3 N–H and O–H groups in total. The predicted octanol–water partition coefficient (Wildman–Crippen LogP) is 4.98. The molecule has 0 aliphatic heterocycles. The molecule has 2 aromatic carbocycles. The summed E-state index contributed by atoms with van der Waals surface area (Å²) in [7, 11) is 0. The van der Waals surface area contributed by atoms with Gasteiger partial charge in [-0.25, -0.2) is 0 Å². The van der Waals surface area contributed by atoms with Crippen molar-refractivity contribution < 1.29 is 0 Å². The maximum atomic E-state index is 6.01.